The molecule has 1 aliphatic rings. The molecule has 6 heteroatoms. The van der Waals surface area contributed by atoms with E-state index in [1.54, 1.807) is 0 Å². The van der Waals surface area contributed by atoms with Crippen LogP contribution in [0.1, 0.15) is 24.9 Å². The van der Waals surface area contributed by atoms with Crippen LogP contribution in [0.2, 0.25) is 0 Å². The van der Waals surface area contributed by atoms with Crippen molar-refractivity contribution in [2.45, 2.75) is 31.5 Å². The third kappa shape index (κ3) is 4.45. The normalized spacial score (nSPS) is 23.5. The van der Waals surface area contributed by atoms with Gasteiger partial charge in [0, 0.05) is 11.0 Å². The summed E-state index contributed by atoms with van der Waals surface area (Å²) < 4.78 is 0.996. The van der Waals surface area contributed by atoms with Crippen LogP contribution < -0.4 is 10.6 Å². The van der Waals surface area contributed by atoms with Gasteiger partial charge in [-0.15, -0.1) is 12.4 Å². The number of benzene rings is 1. The van der Waals surface area contributed by atoms with Crippen LogP contribution in [-0.4, -0.2) is 29.7 Å². The molecule has 106 valence electrons. The maximum atomic E-state index is 12.0. The highest BCUT2D eigenvalue weighted by molar-refractivity contribution is 9.10. The van der Waals surface area contributed by atoms with Gasteiger partial charge in [0.2, 0.25) is 5.91 Å². The molecule has 3 atom stereocenters. The number of aliphatic hydroxyl groups is 1. The molecule has 1 aromatic rings. The van der Waals surface area contributed by atoms with Gasteiger partial charge in [-0.3, -0.25) is 4.79 Å². The van der Waals surface area contributed by atoms with Crippen LogP contribution in [0.4, 0.5) is 0 Å². The fourth-order valence-corrected chi connectivity index (χ4v) is 2.51. The second-order valence-corrected chi connectivity index (χ2v) is 5.55. The number of hydrogen-bond acceptors (Lipinski definition) is 3. The van der Waals surface area contributed by atoms with Crippen LogP contribution >= 0.6 is 28.3 Å². The van der Waals surface area contributed by atoms with Crippen molar-refractivity contribution in [1.82, 2.24) is 10.6 Å². The zero-order valence-corrected chi connectivity index (χ0v) is 13.0. The van der Waals surface area contributed by atoms with Gasteiger partial charge in [-0.05, 0) is 31.0 Å². The number of rotatable bonds is 3. The lowest BCUT2D eigenvalue weighted by molar-refractivity contribution is -0.123. The molecule has 1 heterocycles. The van der Waals surface area contributed by atoms with Crippen LogP contribution in [0.3, 0.4) is 0 Å². The minimum atomic E-state index is -0.415. The average Bonchev–Trinajstić information content (AvgIpc) is 2.76. The molecule has 1 fully saturated rings. The number of β-amino-alcohol motifs (C(OH)–C–C–N with tert-alkyl or cyclic N) is 1. The summed E-state index contributed by atoms with van der Waals surface area (Å²) in [5.41, 5.74) is 1.05. The van der Waals surface area contributed by atoms with E-state index in [1.807, 2.05) is 31.2 Å². The molecule has 3 N–H and O–H groups in total. The lowest BCUT2D eigenvalue weighted by Gasteiger charge is -2.17. The smallest absolute Gasteiger partial charge is 0.237 e. The summed E-state index contributed by atoms with van der Waals surface area (Å²) in [6.45, 7) is 2.44. The van der Waals surface area contributed by atoms with Crippen LogP contribution in [0.25, 0.3) is 0 Å². The summed E-state index contributed by atoms with van der Waals surface area (Å²) in [7, 11) is 0. The van der Waals surface area contributed by atoms with Crippen molar-refractivity contribution < 1.29 is 9.90 Å². The van der Waals surface area contributed by atoms with Gasteiger partial charge in [0.1, 0.15) is 0 Å². The molecule has 19 heavy (non-hydrogen) atoms. The van der Waals surface area contributed by atoms with Crippen molar-refractivity contribution in [2.24, 2.45) is 0 Å². The van der Waals surface area contributed by atoms with Gasteiger partial charge in [-0.1, -0.05) is 28.1 Å². The van der Waals surface area contributed by atoms with Gasteiger partial charge in [0.15, 0.2) is 0 Å². The largest absolute Gasteiger partial charge is 0.392 e. The number of nitrogens with one attached hydrogen (secondary N) is 2. The Kier molecular flexibility index (Phi) is 6.26. The molecule has 4 nitrogen and oxygen atoms in total. The summed E-state index contributed by atoms with van der Waals surface area (Å²) in [4.78, 5) is 12.0. The van der Waals surface area contributed by atoms with Crippen LogP contribution in [-0.2, 0) is 4.79 Å². The van der Waals surface area contributed by atoms with E-state index in [9.17, 15) is 9.90 Å². The van der Waals surface area contributed by atoms with E-state index in [0.29, 0.717) is 13.0 Å². The average molecular weight is 350 g/mol. The maximum Gasteiger partial charge on any atom is 0.237 e. The SMILES string of the molecule is CC(NC(=O)C1CC(O)CN1)c1cccc(Br)c1.Cl. The monoisotopic (exact) mass is 348 g/mol. The number of aliphatic hydroxyl groups excluding tert-OH is 1. The molecule has 0 radical (unpaired) electrons. The minimum Gasteiger partial charge on any atom is -0.392 e. The van der Waals surface area contributed by atoms with Crippen molar-refractivity contribution in [3.63, 3.8) is 0 Å². The molecule has 1 aliphatic heterocycles. The Bertz CT molecular complexity index is 444. The van der Waals surface area contributed by atoms with Crippen LogP contribution in [0.15, 0.2) is 28.7 Å². The summed E-state index contributed by atoms with van der Waals surface area (Å²) >= 11 is 3.41. The molecule has 3 unspecified atom stereocenters. The molecular weight excluding hydrogens is 332 g/mol. The van der Waals surface area contributed by atoms with E-state index >= 15 is 0 Å². The maximum absolute atomic E-state index is 12.0. The Morgan fingerprint density at radius 2 is 2.32 bits per heavy atom. The highest BCUT2D eigenvalue weighted by Gasteiger charge is 2.28. The Morgan fingerprint density at radius 3 is 2.89 bits per heavy atom. The van der Waals surface area contributed by atoms with Crippen LogP contribution in [0.5, 0.6) is 0 Å². The first kappa shape index (κ1) is 16.4. The number of hydrogen-bond donors (Lipinski definition) is 3. The molecule has 2 rings (SSSR count). The van der Waals surface area contributed by atoms with E-state index in [0.717, 1.165) is 10.0 Å². The van der Waals surface area contributed by atoms with E-state index in [1.165, 1.54) is 0 Å². The number of carbonyl (C=O) groups is 1. The predicted molar refractivity (Wildman–Crippen MR) is 80.4 cm³/mol. The summed E-state index contributed by atoms with van der Waals surface area (Å²) in [5, 5.41) is 15.3. The van der Waals surface area contributed by atoms with Crippen molar-refractivity contribution in [2.75, 3.05) is 6.54 Å². The molecule has 0 aliphatic carbocycles. The Labute approximate surface area is 127 Å². The second-order valence-electron chi connectivity index (χ2n) is 4.64. The second kappa shape index (κ2) is 7.24. The van der Waals surface area contributed by atoms with Gasteiger partial charge in [0.05, 0.1) is 18.2 Å². The molecule has 0 aromatic heterocycles. The molecule has 1 saturated heterocycles. The Balaban J connectivity index is 0.00000180. The van der Waals surface area contributed by atoms with Crippen LogP contribution in [0, 0.1) is 0 Å². The van der Waals surface area contributed by atoms with Crippen molar-refractivity contribution in [3.05, 3.63) is 34.3 Å². The summed E-state index contributed by atoms with van der Waals surface area (Å²) in [6.07, 6.45) is 0.0683. The summed E-state index contributed by atoms with van der Waals surface area (Å²) in [5.74, 6) is -0.0565. The van der Waals surface area contributed by atoms with E-state index in [2.05, 4.69) is 26.6 Å². The van der Waals surface area contributed by atoms with Gasteiger partial charge >= 0.3 is 0 Å². The molecule has 0 spiro atoms. The molecule has 1 aromatic carbocycles. The number of amides is 1. The third-order valence-corrected chi connectivity index (χ3v) is 3.62. The van der Waals surface area contributed by atoms with E-state index in [-0.39, 0.29) is 30.4 Å². The van der Waals surface area contributed by atoms with Crippen molar-refractivity contribution >= 4 is 34.2 Å². The lowest BCUT2D eigenvalue weighted by Crippen LogP contribution is -2.41. The van der Waals surface area contributed by atoms with Crippen molar-refractivity contribution in [1.29, 1.82) is 0 Å². The fourth-order valence-electron chi connectivity index (χ4n) is 2.09. The molecule has 0 saturated carbocycles. The van der Waals surface area contributed by atoms with Gasteiger partial charge in [0.25, 0.3) is 0 Å². The minimum absolute atomic E-state index is 0. The quantitative estimate of drug-likeness (QED) is 0.779. The molecular formula is C13H18BrClN2O2. The number of carbonyl (C=O) groups excluding carboxylic acids is 1. The standard InChI is InChI=1S/C13H17BrN2O2.ClH/c1-8(9-3-2-4-10(14)5-9)16-13(18)12-6-11(17)7-15-12;/h2-5,8,11-12,15,17H,6-7H2,1H3,(H,16,18);1H. The highest BCUT2D eigenvalue weighted by Crippen LogP contribution is 2.18. The first-order valence-electron chi connectivity index (χ1n) is 6.03. The lowest BCUT2D eigenvalue weighted by atomic mass is 10.1. The van der Waals surface area contributed by atoms with E-state index < -0.39 is 6.10 Å². The first-order chi connectivity index (χ1) is 8.56. The highest BCUT2D eigenvalue weighted by atomic mass is 79.9. The Morgan fingerprint density at radius 1 is 1.58 bits per heavy atom. The fraction of sp³-hybridized carbons (Fsp3) is 0.462. The van der Waals surface area contributed by atoms with Gasteiger partial charge in [-0.2, -0.15) is 0 Å². The third-order valence-electron chi connectivity index (χ3n) is 3.13. The zero-order valence-electron chi connectivity index (χ0n) is 10.6. The molecule has 0 bridgehead atoms. The predicted octanol–water partition coefficient (Wildman–Crippen LogP) is 1.77. The van der Waals surface area contributed by atoms with Gasteiger partial charge < -0.3 is 15.7 Å². The number of halogens is 2. The Hall–Kier alpha value is -0.620. The van der Waals surface area contributed by atoms with E-state index in [4.69, 9.17) is 0 Å². The van der Waals surface area contributed by atoms with Crippen molar-refractivity contribution in [3.8, 4) is 0 Å². The topological polar surface area (TPSA) is 61.4 Å². The summed E-state index contributed by atoms with van der Waals surface area (Å²) in [6, 6.07) is 7.53. The first-order valence-corrected chi connectivity index (χ1v) is 6.83. The van der Waals surface area contributed by atoms with Gasteiger partial charge in [-0.25, -0.2) is 0 Å². The molecule has 1 amide bonds. The zero-order chi connectivity index (χ0) is 13.1.